The van der Waals surface area contributed by atoms with Crippen LogP contribution in [0, 0.1) is 0 Å². The van der Waals surface area contributed by atoms with Gasteiger partial charge in [0.05, 0.1) is 7.11 Å². The predicted octanol–water partition coefficient (Wildman–Crippen LogP) is 4.90. The summed E-state index contributed by atoms with van der Waals surface area (Å²) in [5, 5.41) is 1.22. The van der Waals surface area contributed by atoms with Gasteiger partial charge in [-0.15, -0.1) is 0 Å². The molecule has 0 aliphatic heterocycles. The molecule has 2 heteroatoms. The highest BCUT2D eigenvalue weighted by molar-refractivity contribution is 5.88. The van der Waals surface area contributed by atoms with Crippen molar-refractivity contribution >= 4 is 10.9 Å². The van der Waals surface area contributed by atoms with Crippen LogP contribution in [0.2, 0.25) is 0 Å². The van der Waals surface area contributed by atoms with Crippen molar-refractivity contribution in [1.82, 2.24) is 4.57 Å². The Labute approximate surface area is 119 Å². The maximum Gasteiger partial charge on any atom is 0.119 e. The van der Waals surface area contributed by atoms with Gasteiger partial charge in [0.15, 0.2) is 0 Å². The fraction of sp³-hybridized carbons (Fsp3) is 0.222. The molecule has 0 saturated heterocycles. The number of hydrogen-bond donors (Lipinski definition) is 0. The second kappa shape index (κ2) is 5.04. The van der Waals surface area contributed by atoms with Gasteiger partial charge in [-0.2, -0.15) is 0 Å². The third kappa shape index (κ3) is 2.07. The Morgan fingerprint density at radius 2 is 1.70 bits per heavy atom. The van der Waals surface area contributed by atoms with Crippen LogP contribution in [0.4, 0.5) is 0 Å². The Kier molecular flexibility index (Phi) is 3.23. The van der Waals surface area contributed by atoms with E-state index in [0.29, 0.717) is 6.04 Å². The van der Waals surface area contributed by atoms with Crippen LogP contribution < -0.4 is 4.74 Å². The molecule has 0 N–H and O–H groups in total. The first-order valence-electron chi connectivity index (χ1n) is 6.95. The van der Waals surface area contributed by atoms with Crippen LogP contribution in [0.15, 0.2) is 54.6 Å². The van der Waals surface area contributed by atoms with Gasteiger partial charge in [-0.05, 0) is 43.7 Å². The maximum atomic E-state index is 5.33. The van der Waals surface area contributed by atoms with E-state index in [0.717, 1.165) is 5.75 Å². The first-order valence-corrected chi connectivity index (χ1v) is 6.95. The summed E-state index contributed by atoms with van der Waals surface area (Å²) in [7, 11) is 1.71. The van der Waals surface area contributed by atoms with Crippen LogP contribution in [0.5, 0.6) is 5.75 Å². The highest BCUT2D eigenvalue weighted by Crippen LogP contribution is 2.33. The van der Waals surface area contributed by atoms with Crippen molar-refractivity contribution in [3.8, 4) is 17.0 Å². The van der Waals surface area contributed by atoms with E-state index in [2.05, 4.69) is 66.9 Å². The van der Waals surface area contributed by atoms with Crippen LogP contribution in [-0.4, -0.2) is 11.7 Å². The Morgan fingerprint density at radius 3 is 2.35 bits per heavy atom. The molecule has 0 spiro atoms. The molecule has 0 radical (unpaired) electrons. The molecule has 0 fully saturated rings. The molecule has 0 amide bonds. The minimum atomic E-state index is 0.413. The lowest BCUT2D eigenvalue weighted by molar-refractivity contribution is 0.415. The summed E-state index contributed by atoms with van der Waals surface area (Å²) in [4.78, 5) is 0. The Bertz CT molecular complexity index is 726. The summed E-state index contributed by atoms with van der Waals surface area (Å²) in [5.74, 6) is 0.901. The normalized spacial score (nSPS) is 11.2. The van der Waals surface area contributed by atoms with Crippen LogP contribution >= 0.6 is 0 Å². The molecule has 3 rings (SSSR count). The zero-order valence-electron chi connectivity index (χ0n) is 12.1. The molecule has 0 atom stereocenters. The predicted molar refractivity (Wildman–Crippen MR) is 84.3 cm³/mol. The van der Waals surface area contributed by atoms with Gasteiger partial charge in [0.2, 0.25) is 0 Å². The van der Waals surface area contributed by atoms with E-state index in [1.807, 2.05) is 6.07 Å². The summed E-state index contributed by atoms with van der Waals surface area (Å²) in [6, 6.07) is 19.4. The van der Waals surface area contributed by atoms with Gasteiger partial charge in [0.1, 0.15) is 5.75 Å². The number of ether oxygens (including phenoxy) is 1. The van der Waals surface area contributed by atoms with Crippen LogP contribution in [-0.2, 0) is 0 Å². The monoisotopic (exact) mass is 265 g/mol. The van der Waals surface area contributed by atoms with Gasteiger partial charge < -0.3 is 9.30 Å². The number of nitrogens with zero attached hydrogens (tertiary/aromatic N) is 1. The van der Waals surface area contributed by atoms with Crippen LogP contribution in [0.25, 0.3) is 22.2 Å². The standard InChI is InChI=1S/C18H19NO/c1-13(2)19-17-10-9-16(20-3)11-15(17)12-18(19)14-7-5-4-6-8-14/h4-13H,1-3H3. The Hall–Kier alpha value is -2.22. The van der Waals surface area contributed by atoms with Crippen LogP contribution in [0.3, 0.4) is 0 Å². The third-order valence-corrected chi connectivity index (χ3v) is 3.63. The number of methoxy groups -OCH3 is 1. The minimum absolute atomic E-state index is 0.413. The van der Waals surface area contributed by atoms with Crippen LogP contribution in [0.1, 0.15) is 19.9 Å². The number of rotatable bonds is 3. The van der Waals surface area contributed by atoms with Gasteiger partial charge in [-0.25, -0.2) is 0 Å². The molecule has 1 heterocycles. The fourth-order valence-corrected chi connectivity index (χ4v) is 2.73. The first-order chi connectivity index (χ1) is 9.70. The minimum Gasteiger partial charge on any atom is -0.497 e. The largest absolute Gasteiger partial charge is 0.497 e. The molecule has 102 valence electrons. The molecule has 0 bridgehead atoms. The summed E-state index contributed by atoms with van der Waals surface area (Å²) < 4.78 is 7.71. The summed E-state index contributed by atoms with van der Waals surface area (Å²) in [6.07, 6.45) is 0. The molecule has 0 aliphatic rings. The average molecular weight is 265 g/mol. The highest BCUT2D eigenvalue weighted by atomic mass is 16.5. The van der Waals surface area contributed by atoms with E-state index in [4.69, 9.17) is 4.74 Å². The number of fused-ring (bicyclic) bond motifs is 1. The summed E-state index contributed by atoms with van der Waals surface area (Å²) >= 11 is 0. The lowest BCUT2D eigenvalue weighted by Gasteiger charge is -2.15. The molecule has 3 aromatic rings. The van der Waals surface area contributed by atoms with E-state index in [-0.39, 0.29) is 0 Å². The van der Waals surface area contributed by atoms with E-state index in [9.17, 15) is 0 Å². The van der Waals surface area contributed by atoms with E-state index < -0.39 is 0 Å². The molecule has 0 saturated carbocycles. The molecule has 1 aromatic heterocycles. The van der Waals surface area contributed by atoms with Gasteiger partial charge in [0, 0.05) is 22.6 Å². The maximum absolute atomic E-state index is 5.33. The Morgan fingerprint density at radius 1 is 0.950 bits per heavy atom. The van der Waals surface area contributed by atoms with E-state index in [1.54, 1.807) is 7.11 Å². The van der Waals surface area contributed by atoms with Gasteiger partial charge in [0.25, 0.3) is 0 Å². The molecule has 0 aliphatic carbocycles. The van der Waals surface area contributed by atoms with E-state index >= 15 is 0 Å². The number of aromatic nitrogens is 1. The Balaban J connectivity index is 2.28. The molecule has 20 heavy (non-hydrogen) atoms. The number of benzene rings is 2. The summed E-state index contributed by atoms with van der Waals surface area (Å²) in [6.45, 7) is 4.44. The topological polar surface area (TPSA) is 14.2 Å². The lowest BCUT2D eigenvalue weighted by atomic mass is 10.1. The van der Waals surface area contributed by atoms with Crippen molar-refractivity contribution in [3.63, 3.8) is 0 Å². The second-order valence-corrected chi connectivity index (χ2v) is 5.28. The SMILES string of the molecule is COc1ccc2c(c1)cc(-c1ccccc1)n2C(C)C. The van der Waals surface area contributed by atoms with E-state index in [1.165, 1.54) is 22.2 Å². The molecule has 2 nitrogen and oxygen atoms in total. The smallest absolute Gasteiger partial charge is 0.119 e. The molecule has 0 unspecified atom stereocenters. The van der Waals surface area contributed by atoms with Crippen molar-refractivity contribution in [2.24, 2.45) is 0 Å². The van der Waals surface area contributed by atoms with Crippen molar-refractivity contribution in [2.45, 2.75) is 19.9 Å². The summed E-state index contributed by atoms with van der Waals surface area (Å²) in [5.41, 5.74) is 3.75. The third-order valence-electron chi connectivity index (χ3n) is 3.63. The van der Waals surface area contributed by atoms with Crippen molar-refractivity contribution in [3.05, 3.63) is 54.6 Å². The average Bonchev–Trinajstić information content (AvgIpc) is 2.86. The van der Waals surface area contributed by atoms with Crippen molar-refractivity contribution in [2.75, 3.05) is 7.11 Å². The molecular weight excluding hydrogens is 246 g/mol. The molecular formula is C18H19NO. The van der Waals surface area contributed by atoms with Gasteiger partial charge in [-0.1, -0.05) is 30.3 Å². The zero-order valence-corrected chi connectivity index (χ0v) is 12.1. The van der Waals surface area contributed by atoms with Crippen molar-refractivity contribution < 1.29 is 4.74 Å². The number of hydrogen-bond acceptors (Lipinski definition) is 1. The van der Waals surface area contributed by atoms with Crippen molar-refractivity contribution in [1.29, 1.82) is 0 Å². The quantitative estimate of drug-likeness (QED) is 0.657. The molecule has 2 aromatic carbocycles. The second-order valence-electron chi connectivity index (χ2n) is 5.28. The zero-order chi connectivity index (χ0) is 14.1. The fourth-order valence-electron chi connectivity index (χ4n) is 2.73. The first kappa shape index (κ1) is 12.8. The van der Waals surface area contributed by atoms with Gasteiger partial charge in [-0.3, -0.25) is 0 Å². The van der Waals surface area contributed by atoms with Gasteiger partial charge >= 0.3 is 0 Å². The highest BCUT2D eigenvalue weighted by Gasteiger charge is 2.13. The lowest BCUT2D eigenvalue weighted by Crippen LogP contribution is -2.02.